The molecule has 0 aliphatic carbocycles. The first-order chi connectivity index (χ1) is 34.0. The zero-order chi connectivity index (χ0) is 53.2. The lowest BCUT2D eigenvalue weighted by Crippen LogP contribution is -2.57. The third kappa shape index (κ3) is 18.2. The van der Waals surface area contributed by atoms with E-state index in [1.54, 1.807) is 23.8 Å². The topological polar surface area (TPSA) is 186 Å². The van der Waals surface area contributed by atoms with Crippen molar-refractivity contribution >= 4 is 47.0 Å². The van der Waals surface area contributed by atoms with Crippen molar-refractivity contribution in [3.8, 4) is 0 Å². The van der Waals surface area contributed by atoms with Crippen molar-refractivity contribution in [3.05, 3.63) is 71.8 Å². The van der Waals surface area contributed by atoms with Gasteiger partial charge in [0.25, 0.3) is 0 Å². The second-order valence-electron chi connectivity index (χ2n) is 22.3. The first kappa shape index (κ1) is 59.1. The zero-order valence-corrected chi connectivity index (χ0v) is 45.2. The van der Waals surface area contributed by atoms with Gasteiger partial charge in [-0.2, -0.15) is 0 Å². The molecule has 6 amide bonds. The van der Waals surface area contributed by atoms with Crippen molar-refractivity contribution in [3.63, 3.8) is 0 Å². The fourth-order valence-electron chi connectivity index (χ4n) is 9.54. The molecule has 0 radical (unpaired) electrons. The Morgan fingerprint density at radius 1 is 0.667 bits per heavy atom. The molecule has 15 nitrogen and oxygen atoms in total. The van der Waals surface area contributed by atoms with Crippen LogP contribution < -0.4 is 16.0 Å². The van der Waals surface area contributed by atoms with Gasteiger partial charge in [-0.15, -0.1) is 0 Å². The molecular weight excluding hydrogens is 911 g/mol. The smallest absolute Gasteiger partial charge is 0.246 e. The Hall–Kier alpha value is -5.44. The van der Waals surface area contributed by atoms with E-state index in [1.165, 1.54) is 0 Å². The number of likely N-dealkylation sites (N-methyl/N-ethyl adjacent to an activating group) is 1. The zero-order valence-electron chi connectivity index (χ0n) is 45.2. The maximum absolute atomic E-state index is 14.2. The van der Waals surface area contributed by atoms with Crippen molar-refractivity contribution in [2.45, 2.75) is 164 Å². The van der Waals surface area contributed by atoms with E-state index in [9.17, 15) is 38.4 Å². The molecule has 0 aromatic heterocycles. The van der Waals surface area contributed by atoms with Gasteiger partial charge in [-0.1, -0.05) is 116 Å². The standard InChI is InChI=1S/C57H87N7O8/c1-11-40(2)53(70)60-52(57(7,8)9)55(72)64-33-19-25-45(64)38-61(34-30-42-20-14-12-15-21-42)50(68)29-27-46(65)26-28-49(67)59-37-51(69)62(35-31-43-22-16-13-17-23-43)39-44-24-18-32-63(44)54(71)47(56(4,5)6)36-48(66)41(3)58-10/h12-17,20-23,40-41,44-45,47,52,58H,11,18-19,24-39H2,1-10H3,(H,59,67)(H,60,70)/t40-,41+,44+,45+,47-,52-/m1/s1. The third-order valence-corrected chi connectivity index (χ3v) is 14.7. The summed E-state index contributed by atoms with van der Waals surface area (Å²) in [5, 5.41) is 8.73. The molecule has 398 valence electrons. The maximum Gasteiger partial charge on any atom is 0.246 e. The minimum atomic E-state index is -0.733. The van der Waals surface area contributed by atoms with Crippen LogP contribution in [0.4, 0.5) is 0 Å². The predicted octanol–water partition coefficient (Wildman–Crippen LogP) is 6.16. The van der Waals surface area contributed by atoms with E-state index in [4.69, 9.17) is 0 Å². The molecule has 0 bridgehead atoms. The number of hydrogen-bond donors (Lipinski definition) is 3. The Morgan fingerprint density at radius 2 is 1.17 bits per heavy atom. The van der Waals surface area contributed by atoms with Gasteiger partial charge in [0.2, 0.25) is 35.4 Å². The second kappa shape index (κ2) is 28.1. The van der Waals surface area contributed by atoms with E-state index in [1.807, 2.05) is 126 Å². The second-order valence-corrected chi connectivity index (χ2v) is 22.3. The number of nitrogens with zero attached hydrogens (tertiary/aromatic N) is 4. The van der Waals surface area contributed by atoms with Gasteiger partial charge in [0, 0.05) is 95.3 Å². The molecule has 0 spiro atoms. The van der Waals surface area contributed by atoms with Crippen LogP contribution in [0.15, 0.2) is 60.7 Å². The van der Waals surface area contributed by atoms with Gasteiger partial charge in [0.15, 0.2) is 0 Å². The van der Waals surface area contributed by atoms with Crippen LogP contribution in [0, 0.1) is 22.7 Å². The number of ketones is 2. The largest absolute Gasteiger partial charge is 0.347 e. The number of likely N-dealkylation sites (tertiary alicyclic amines) is 2. The van der Waals surface area contributed by atoms with Crippen molar-refractivity contribution in [1.82, 2.24) is 35.6 Å². The number of hydrogen-bond acceptors (Lipinski definition) is 9. The Bertz CT molecular complexity index is 1970. The van der Waals surface area contributed by atoms with Crippen LogP contribution in [0.3, 0.4) is 0 Å². The summed E-state index contributed by atoms with van der Waals surface area (Å²) < 4.78 is 0. The molecule has 0 saturated carbocycles. The molecule has 3 N–H and O–H groups in total. The Balaban J connectivity index is 1.36. The van der Waals surface area contributed by atoms with Crippen LogP contribution in [0.2, 0.25) is 0 Å². The van der Waals surface area contributed by atoms with Gasteiger partial charge in [-0.25, -0.2) is 0 Å². The molecule has 15 heteroatoms. The predicted molar refractivity (Wildman–Crippen MR) is 281 cm³/mol. The number of nitrogens with one attached hydrogen (secondary N) is 3. The lowest BCUT2D eigenvalue weighted by Gasteiger charge is -2.37. The van der Waals surface area contributed by atoms with Crippen LogP contribution in [-0.2, 0) is 51.2 Å². The summed E-state index contributed by atoms with van der Waals surface area (Å²) in [4.78, 5) is 116. The molecule has 2 heterocycles. The molecule has 0 unspecified atom stereocenters. The average Bonchev–Trinajstić information content (AvgIpc) is 4.03. The van der Waals surface area contributed by atoms with Gasteiger partial charge in [0.1, 0.15) is 17.6 Å². The molecule has 2 aromatic carbocycles. The molecular formula is C57H87N7O8. The minimum absolute atomic E-state index is 0.0260. The Labute approximate surface area is 430 Å². The minimum Gasteiger partial charge on any atom is -0.347 e. The summed E-state index contributed by atoms with van der Waals surface area (Å²) in [6, 6.07) is 18.0. The van der Waals surface area contributed by atoms with E-state index >= 15 is 0 Å². The highest BCUT2D eigenvalue weighted by molar-refractivity contribution is 5.92. The van der Waals surface area contributed by atoms with E-state index in [0.29, 0.717) is 64.8 Å². The van der Waals surface area contributed by atoms with E-state index in [2.05, 4.69) is 16.0 Å². The monoisotopic (exact) mass is 998 g/mol. The first-order valence-electron chi connectivity index (χ1n) is 26.6. The Kier molecular flexibility index (Phi) is 23.1. The first-order valence-corrected chi connectivity index (χ1v) is 26.6. The van der Waals surface area contributed by atoms with Crippen LogP contribution in [0.25, 0.3) is 0 Å². The quantitative estimate of drug-likeness (QED) is 0.0943. The number of carbonyl (C=O) groups excluding carboxylic acids is 8. The molecule has 6 atom stereocenters. The van der Waals surface area contributed by atoms with Crippen LogP contribution in [-0.4, -0.2) is 144 Å². The van der Waals surface area contributed by atoms with Gasteiger partial charge in [-0.3, -0.25) is 38.4 Å². The Morgan fingerprint density at radius 3 is 1.65 bits per heavy atom. The van der Waals surface area contributed by atoms with Gasteiger partial charge in [0.05, 0.1) is 12.6 Å². The normalized spacial score (nSPS) is 17.6. The SMILES string of the molecule is CC[C@@H](C)C(=O)N[C@H](C(=O)N1CCC[C@H]1CN(CCc1ccccc1)C(=O)CCC(=O)CCC(=O)NCC(=O)N(CCc1ccccc1)C[C@@H]1CCCN1C(=O)[C@@H](CC(=O)[C@H](C)NC)C(C)(C)C)C(C)(C)C. The fraction of sp³-hybridized carbons (Fsp3) is 0.649. The summed E-state index contributed by atoms with van der Waals surface area (Å²) >= 11 is 0. The molecule has 72 heavy (non-hydrogen) atoms. The molecule has 2 aromatic rings. The molecule has 4 rings (SSSR count). The highest BCUT2D eigenvalue weighted by Crippen LogP contribution is 2.34. The number of amides is 6. The highest BCUT2D eigenvalue weighted by Gasteiger charge is 2.42. The van der Waals surface area contributed by atoms with Gasteiger partial charge in [-0.05, 0) is 80.9 Å². The number of rotatable bonds is 27. The van der Waals surface area contributed by atoms with E-state index < -0.39 is 28.7 Å². The van der Waals surface area contributed by atoms with Gasteiger partial charge < -0.3 is 35.6 Å². The maximum atomic E-state index is 14.2. The summed E-state index contributed by atoms with van der Waals surface area (Å²) in [5.74, 6) is -2.41. The molecule has 2 aliphatic rings. The number of benzene rings is 2. The highest BCUT2D eigenvalue weighted by atomic mass is 16.2. The van der Waals surface area contributed by atoms with Crippen molar-refractivity contribution < 1.29 is 38.4 Å². The summed E-state index contributed by atoms with van der Waals surface area (Å²) in [5.41, 5.74) is 1.09. The van der Waals surface area contributed by atoms with Crippen LogP contribution in [0.5, 0.6) is 0 Å². The number of carbonyl (C=O) groups is 8. The lowest BCUT2D eigenvalue weighted by atomic mass is 9.76. The van der Waals surface area contributed by atoms with E-state index in [0.717, 1.165) is 24.0 Å². The van der Waals surface area contributed by atoms with Crippen molar-refractivity contribution in [2.24, 2.45) is 22.7 Å². The van der Waals surface area contributed by atoms with Crippen molar-refractivity contribution in [1.29, 1.82) is 0 Å². The summed E-state index contributed by atoms with van der Waals surface area (Å²) in [6.45, 7) is 19.5. The number of Topliss-reactive ketones (excluding diaryl/α,β-unsaturated/α-hetero) is 2. The van der Waals surface area contributed by atoms with Crippen LogP contribution in [0.1, 0.15) is 138 Å². The van der Waals surface area contributed by atoms with Gasteiger partial charge >= 0.3 is 0 Å². The molecule has 2 aliphatic heterocycles. The molecule has 2 fully saturated rings. The molecule has 2 saturated heterocycles. The van der Waals surface area contributed by atoms with Crippen LogP contribution >= 0.6 is 0 Å². The van der Waals surface area contributed by atoms with E-state index in [-0.39, 0.29) is 110 Å². The lowest BCUT2D eigenvalue weighted by molar-refractivity contribution is -0.144. The third-order valence-electron chi connectivity index (χ3n) is 14.7. The average molecular weight is 998 g/mol. The fourth-order valence-corrected chi connectivity index (χ4v) is 9.54. The summed E-state index contributed by atoms with van der Waals surface area (Å²) in [6.07, 6.45) is 4.53. The van der Waals surface area contributed by atoms with Crippen molar-refractivity contribution in [2.75, 3.05) is 52.9 Å². The summed E-state index contributed by atoms with van der Waals surface area (Å²) in [7, 11) is 1.73.